The molecule has 0 spiro atoms. The first-order chi connectivity index (χ1) is 11.9. The monoisotopic (exact) mass is 323 g/mol. The summed E-state index contributed by atoms with van der Waals surface area (Å²) in [5, 5.41) is 0. The molecule has 3 rings (SSSR count). The largest absolute Gasteiger partial charge is 0.491 e. The molecule has 1 aliphatic rings. The van der Waals surface area contributed by atoms with Crippen LogP contribution in [0.25, 0.3) is 11.1 Å². The van der Waals surface area contributed by atoms with Crippen LogP contribution in [0.1, 0.15) is 37.7 Å². The highest BCUT2D eigenvalue weighted by atomic mass is 16.5. The molecule has 1 radical (unpaired) electrons. The average molecular weight is 323 g/mol. The average Bonchev–Trinajstić information content (AvgIpc) is 2.66. The molecule has 0 unspecified atom stereocenters. The number of benzene rings is 2. The molecule has 24 heavy (non-hydrogen) atoms. The van der Waals surface area contributed by atoms with E-state index in [9.17, 15) is 4.79 Å². The number of rotatable bonds is 7. The van der Waals surface area contributed by atoms with Crippen molar-refractivity contribution in [3.8, 4) is 16.9 Å². The van der Waals surface area contributed by atoms with Gasteiger partial charge in [-0.25, -0.2) is 0 Å². The van der Waals surface area contributed by atoms with Crippen LogP contribution in [0.4, 0.5) is 0 Å². The maximum Gasteiger partial charge on any atom is 0.234 e. The Balaban J connectivity index is 1.50. The van der Waals surface area contributed by atoms with Gasteiger partial charge in [0.1, 0.15) is 12.4 Å². The SMILES string of the molecule is O=[C]c1ccccc1-c1ccc(OCCOC2CCCCC2)cc1. The second-order valence-electron chi connectivity index (χ2n) is 6.15. The molecule has 0 heterocycles. The number of hydrogen-bond acceptors (Lipinski definition) is 3. The Morgan fingerprint density at radius 3 is 2.42 bits per heavy atom. The minimum atomic E-state index is 0.417. The molecule has 0 N–H and O–H groups in total. The maximum atomic E-state index is 11.0. The summed E-state index contributed by atoms with van der Waals surface area (Å²) in [6, 6.07) is 15.2. The van der Waals surface area contributed by atoms with Crippen LogP contribution in [-0.2, 0) is 9.53 Å². The Morgan fingerprint density at radius 2 is 1.67 bits per heavy atom. The summed E-state index contributed by atoms with van der Waals surface area (Å²) in [6.45, 7) is 1.20. The van der Waals surface area contributed by atoms with Gasteiger partial charge in [-0.15, -0.1) is 0 Å². The summed E-state index contributed by atoms with van der Waals surface area (Å²) in [6.07, 6.45) is 8.68. The Hall–Kier alpha value is -2.13. The van der Waals surface area contributed by atoms with Crippen molar-refractivity contribution >= 4 is 6.29 Å². The van der Waals surface area contributed by atoms with Gasteiger partial charge in [0.05, 0.1) is 12.7 Å². The van der Waals surface area contributed by atoms with Crippen molar-refractivity contribution in [1.82, 2.24) is 0 Å². The highest BCUT2D eigenvalue weighted by Crippen LogP contribution is 2.25. The third-order valence-corrected chi connectivity index (χ3v) is 4.46. The molecular formula is C21H23O3. The molecule has 0 aliphatic heterocycles. The highest BCUT2D eigenvalue weighted by Gasteiger charge is 2.13. The first kappa shape index (κ1) is 16.7. The van der Waals surface area contributed by atoms with E-state index in [-0.39, 0.29) is 0 Å². The molecular weight excluding hydrogens is 300 g/mol. The molecule has 0 bridgehead atoms. The van der Waals surface area contributed by atoms with Crippen LogP contribution in [0.5, 0.6) is 5.75 Å². The van der Waals surface area contributed by atoms with Crippen molar-refractivity contribution in [1.29, 1.82) is 0 Å². The predicted molar refractivity (Wildman–Crippen MR) is 95.0 cm³/mol. The van der Waals surface area contributed by atoms with Gasteiger partial charge in [-0.05, 0) is 36.1 Å². The van der Waals surface area contributed by atoms with Gasteiger partial charge in [-0.2, -0.15) is 0 Å². The second kappa shape index (κ2) is 8.65. The lowest BCUT2D eigenvalue weighted by Crippen LogP contribution is -2.19. The van der Waals surface area contributed by atoms with Crippen LogP contribution in [0, 0.1) is 0 Å². The fraction of sp³-hybridized carbons (Fsp3) is 0.381. The van der Waals surface area contributed by atoms with Gasteiger partial charge in [-0.3, -0.25) is 4.79 Å². The normalized spacial score (nSPS) is 15.2. The number of hydrogen-bond donors (Lipinski definition) is 0. The molecule has 0 saturated heterocycles. The van der Waals surface area contributed by atoms with Crippen LogP contribution < -0.4 is 4.74 Å². The Kier molecular flexibility index (Phi) is 6.02. The fourth-order valence-corrected chi connectivity index (χ4v) is 3.16. The van der Waals surface area contributed by atoms with Gasteiger partial charge < -0.3 is 9.47 Å². The minimum Gasteiger partial charge on any atom is -0.491 e. The molecule has 1 saturated carbocycles. The zero-order valence-electron chi connectivity index (χ0n) is 13.9. The maximum absolute atomic E-state index is 11.0. The van der Waals surface area contributed by atoms with E-state index in [1.54, 1.807) is 6.07 Å². The van der Waals surface area contributed by atoms with Crippen LogP contribution >= 0.6 is 0 Å². The Labute approximate surface area is 143 Å². The van der Waals surface area contributed by atoms with E-state index >= 15 is 0 Å². The zero-order chi connectivity index (χ0) is 16.6. The quantitative estimate of drug-likeness (QED) is 0.702. The van der Waals surface area contributed by atoms with Gasteiger partial charge in [-0.1, -0.05) is 55.7 Å². The molecule has 3 nitrogen and oxygen atoms in total. The minimum absolute atomic E-state index is 0.417. The van der Waals surface area contributed by atoms with Crippen molar-refractivity contribution in [2.24, 2.45) is 0 Å². The lowest BCUT2D eigenvalue weighted by atomic mass is 9.98. The molecule has 0 amide bonds. The molecule has 2 aromatic carbocycles. The highest BCUT2D eigenvalue weighted by molar-refractivity contribution is 5.87. The molecule has 125 valence electrons. The Bertz CT molecular complexity index is 642. The standard InChI is InChI=1S/C21H23O3/c22-16-18-6-4-5-9-21(18)17-10-12-20(13-11-17)24-15-14-23-19-7-2-1-3-8-19/h4-6,9-13,19H,1-3,7-8,14-15H2. The summed E-state index contributed by atoms with van der Waals surface area (Å²) < 4.78 is 11.6. The van der Waals surface area contributed by atoms with E-state index in [1.807, 2.05) is 48.8 Å². The van der Waals surface area contributed by atoms with E-state index in [0.29, 0.717) is 24.9 Å². The topological polar surface area (TPSA) is 35.5 Å². The molecule has 0 atom stereocenters. The molecule has 1 fully saturated rings. The number of ether oxygens (including phenoxy) is 2. The van der Waals surface area contributed by atoms with Crippen molar-refractivity contribution in [3.05, 3.63) is 54.1 Å². The lowest BCUT2D eigenvalue weighted by molar-refractivity contribution is 0.0129. The van der Waals surface area contributed by atoms with Crippen LogP contribution in [-0.4, -0.2) is 25.6 Å². The van der Waals surface area contributed by atoms with Crippen LogP contribution in [0.15, 0.2) is 48.5 Å². The summed E-state index contributed by atoms with van der Waals surface area (Å²) in [5.41, 5.74) is 2.45. The van der Waals surface area contributed by atoms with E-state index < -0.39 is 0 Å². The van der Waals surface area contributed by atoms with Gasteiger partial charge in [0, 0.05) is 5.56 Å². The first-order valence-electron chi connectivity index (χ1n) is 8.69. The van der Waals surface area contributed by atoms with Crippen molar-refractivity contribution < 1.29 is 14.3 Å². The van der Waals surface area contributed by atoms with Gasteiger partial charge >= 0.3 is 0 Å². The molecule has 3 heteroatoms. The van der Waals surface area contributed by atoms with Crippen molar-refractivity contribution in [3.63, 3.8) is 0 Å². The second-order valence-corrected chi connectivity index (χ2v) is 6.15. The predicted octanol–water partition coefficient (Wildman–Crippen LogP) is 4.54. The summed E-state index contributed by atoms with van der Waals surface area (Å²) in [7, 11) is 0. The van der Waals surface area contributed by atoms with E-state index in [0.717, 1.165) is 16.9 Å². The first-order valence-corrected chi connectivity index (χ1v) is 8.69. The summed E-state index contributed by atoms with van der Waals surface area (Å²) >= 11 is 0. The summed E-state index contributed by atoms with van der Waals surface area (Å²) in [5.74, 6) is 0.818. The van der Waals surface area contributed by atoms with E-state index in [2.05, 4.69) is 0 Å². The third-order valence-electron chi connectivity index (χ3n) is 4.46. The third kappa shape index (κ3) is 4.45. The van der Waals surface area contributed by atoms with Crippen molar-refractivity contribution in [2.45, 2.75) is 38.2 Å². The number of carbonyl (C=O) groups excluding carboxylic acids is 1. The van der Waals surface area contributed by atoms with E-state index in [1.165, 1.54) is 32.1 Å². The smallest absolute Gasteiger partial charge is 0.234 e. The zero-order valence-corrected chi connectivity index (χ0v) is 13.9. The van der Waals surface area contributed by atoms with Crippen molar-refractivity contribution in [2.75, 3.05) is 13.2 Å². The van der Waals surface area contributed by atoms with E-state index in [4.69, 9.17) is 9.47 Å². The van der Waals surface area contributed by atoms with Gasteiger partial charge in [0.25, 0.3) is 0 Å². The molecule has 0 aromatic heterocycles. The molecule has 1 aliphatic carbocycles. The van der Waals surface area contributed by atoms with Crippen LogP contribution in [0.3, 0.4) is 0 Å². The Morgan fingerprint density at radius 1 is 0.917 bits per heavy atom. The fourth-order valence-electron chi connectivity index (χ4n) is 3.16. The lowest BCUT2D eigenvalue weighted by Gasteiger charge is -2.21. The summed E-state index contributed by atoms with van der Waals surface area (Å²) in [4.78, 5) is 11.0. The van der Waals surface area contributed by atoms with Gasteiger partial charge in [0.15, 0.2) is 0 Å². The van der Waals surface area contributed by atoms with Crippen LogP contribution in [0.2, 0.25) is 0 Å². The molecule has 2 aromatic rings. The van der Waals surface area contributed by atoms with Gasteiger partial charge in [0.2, 0.25) is 6.29 Å².